The molecule has 1 fully saturated rings. The highest BCUT2D eigenvalue weighted by Gasteiger charge is 2.34. The van der Waals surface area contributed by atoms with Crippen LogP contribution in [0.25, 0.3) is 0 Å². The van der Waals surface area contributed by atoms with E-state index in [9.17, 15) is 14.3 Å². The Morgan fingerprint density at radius 3 is 2.64 bits per heavy atom. The third-order valence-electron chi connectivity index (χ3n) is 5.51. The van der Waals surface area contributed by atoms with Crippen LogP contribution in [-0.2, 0) is 6.54 Å². The van der Waals surface area contributed by atoms with Crippen molar-refractivity contribution in [2.75, 3.05) is 19.8 Å². The van der Waals surface area contributed by atoms with Crippen molar-refractivity contribution >= 4 is 5.91 Å². The third-order valence-corrected chi connectivity index (χ3v) is 5.51. The van der Waals surface area contributed by atoms with Crippen molar-refractivity contribution < 1.29 is 19.0 Å². The van der Waals surface area contributed by atoms with Crippen LogP contribution >= 0.6 is 0 Å². The highest BCUT2D eigenvalue weighted by Crippen LogP contribution is 2.34. The van der Waals surface area contributed by atoms with Crippen LogP contribution in [0, 0.1) is 17.7 Å². The molecule has 0 spiro atoms. The van der Waals surface area contributed by atoms with Gasteiger partial charge >= 0.3 is 0 Å². The lowest BCUT2D eigenvalue weighted by atomic mass is 9.82. The third kappa shape index (κ3) is 3.97. The maximum absolute atomic E-state index is 14.7. The molecule has 1 saturated carbocycles. The smallest absolute Gasteiger partial charge is 0.257 e. The number of carbonyl (C=O) groups is 1. The SMILES string of the molecule is CCCCOc1ccc2c(c1F)C(=O)N(C[C@H]1CC[C@H](CO)CC1)C2. The van der Waals surface area contributed by atoms with Gasteiger partial charge < -0.3 is 14.7 Å². The first-order valence-corrected chi connectivity index (χ1v) is 9.48. The summed E-state index contributed by atoms with van der Waals surface area (Å²) in [4.78, 5) is 14.5. The van der Waals surface area contributed by atoms with Crippen LogP contribution in [0.3, 0.4) is 0 Å². The van der Waals surface area contributed by atoms with Gasteiger partial charge in [0, 0.05) is 19.7 Å². The van der Waals surface area contributed by atoms with Crippen molar-refractivity contribution in [1.29, 1.82) is 0 Å². The number of hydrogen-bond acceptors (Lipinski definition) is 3. The summed E-state index contributed by atoms with van der Waals surface area (Å²) < 4.78 is 20.2. The number of rotatable bonds is 7. The first-order valence-electron chi connectivity index (χ1n) is 9.48. The molecule has 138 valence electrons. The summed E-state index contributed by atoms with van der Waals surface area (Å²) in [5.74, 6) is 0.320. The molecule has 0 aromatic heterocycles. The van der Waals surface area contributed by atoms with E-state index in [1.165, 1.54) is 0 Å². The topological polar surface area (TPSA) is 49.8 Å². The molecule has 2 aliphatic rings. The molecule has 25 heavy (non-hydrogen) atoms. The summed E-state index contributed by atoms with van der Waals surface area (Å²) >= 11 is 0. The number of unbranched alkanes of at least 4 members (excludes halogenated alkanes) is 1. The molecule has 1 aliphatic heterocycles. The predicted molar refractivity (Wildman–Crippen MR) is 94.1 cm³/mol. The molecular formula is C20H28FNO3. The van der Waals surface area contributed by atoms with Gasteiger partial charge in [-0.25, -0.2) is 4.39 Å². The second kappa shape index (κ2) is 8.17. The first-order chi connectivity index (χ1) is 12.1. The van der Waals surface area contributed by atoms with Gasteiger partial charge in [0.15, 0.2) is 11.6 Å². The number of carbonyl (C=O) groups excluding carboxylic acids is 1. The number of nitrogens with zero attached hydrogens (tertiary/aromatic N) is 1. The number of halogens is 1. The Balaban J connectivity index is 1.64. The number of amides is 1. The zero-order chi connectivity index (χ0) is 17.8. The van der Waals surface area contributed by atoms with E-state index in [1.54, 1.807) is 11.0 Å². The normalized spacial score (nSPS) is 23.0. The van der Waals surface area contributed by atoms with Gasteiger partial charge in [-0.3, -0.25) is 4.79 Å². The molecule has 1 amide bonds. The summed E-state index contributed by atoms with van der Waals surface area (Å²) in [7, 11) is 0. The molecule has 1 aromatic rings. The molecule has 1 aromatic carbocycles. The summed E-state index contributed by atoms with van der Waals surface area (Å²) in [5, 5.41) is 9.24. The predicted octanol–water partition coefficient (Wildman–Crippen LogP) is 3.76. The van der Waals surface area contributed by atoms with Crippen LogP contribution in [-0.4, -0.2) is 35.7 Å². The minimum absolute atomic E-state index is 0.186. The molecule has 5 heteroatoms. The summed E-state index contributed by atoms with van der Waals surface area (Å²) in [5.41, 5.74) is 0.951. The lowest BCUT2D eigenvalue weighted by Crippen LogP contribution is -2.32. The average Bonchev–Trinajstić information content (AvgIpc) is 2.94. The molecule has 1 N–H and O–H groups in total. The van der Waals surface area contributed by atoms with Crippen LogP contribution in [0.4, 0.5) is 4.39 Å². The largest absolute Gasteiger partial charge is 0.490 e. The van der Waals surface area contributed by atoms with Gasteiger partial charge in [-0.1, -0.05) is 19.4 Å². The van der Waals surface area contributed by atoms with E-state index in [4.69, 9.17) is 4.74 Å². The standard InChI is InChI=1S/C20H28FNO3/c1-2-3-10-25-17-9-8-16-12-22(20(24)18(16)19(17)21)11-14-4-6-15(13-23)7-5-14/h8-9,14-15,23H,2-7,10-13H2,1H3/t14-,15-. The summed E-state index contributed by atoms with van der Waals surface area (Å²) in [6, 6.07) is 3.47. The van der Waals surface area contributed by atoms with E-state index in [0.29, 0.717) is 31.5 Å². The number of aliphatic hydroxyl groups excluding tert-OH is 1. The van der Waals surface area contributed by atoms with Crippen LogP contribution < -0.4 is 4.74 Å². The zero-order valence-corrected chi connectivity index (χ0v) is 15.0. The van der Waals surface area contributed by atoms with Gasteiger partial charge in [0.2, 0.25) is 0 Å². The highest BCUT2D eigenvalue weighted by atomic mass is 19.1. The lowest BCUT2D eigenvalue weighted by Gasteiger charge is -2.30. The van der Waals surface area contributed by atoms with Crippen molar-refractivity contribution in [3.05, 3.63) is 29.1 Å². The Bertz CT molecular complexity index is 611. The van der Waals surface area contributed by atoms with Crippen molar-refractivity contribution in [2.24, 2.45) is 11.8 Å². The van der Waals surface area contributed by atoms with E-state index in [1.807, 2.05) is 6.07 Å². The van der Waals surface area contributed by atoms with Crippen LogP contribution in [0.15, 0.2) is 12.1 Å². The molecular weight excluding hydrogens is 321 g/mol. The fourth-order valence-corrected chi connectivity index (χ4v) is 3.89. The monoisotopic (exact) mass is 349 g/mol. The summed E-state index contributed by atoms with van der Waals surface area (Å²) in [6.07, 6.45) is 5.93. The van der Waals surface area contributed by atoms with Crippen molar-refractivity contribution in [2.45, 2.75) is 52.0 Å². The molecule has 0 atom stereocenters. The van der Waals surface area contributed by atoms with Gasteiger partial charge in [-0.05, 0) is 55.6 Å². The van der Waals surface area contributed by atoms with Crippen molar-refractivity contribution in [3.63, 3.8) is 0 Å². The zero-order valence-electron chi connectivity index (χ0n) is 15.0. The van der Waals surface area contributed by atoms with Gasteiger partial charge in [0.25, 0.3) is 5.91 Å². The highest BCUT2D eigenvalue weighted by molar-refractivity contribution is 5.99. The maximum atomic E-state index is 14.7. The van der Waals surface area contributed by atoms with E-state index < -0.39 is 5.82 Å². The minimum Gasteiger partial charge on any atom is -0.490 e. The van der Waals surface area contributed by atoms with Gasteiger partial charge in [0.1, 0.15) is 0 Å². The number of ether oxygens (including phenoxy) is 1. The van der Waals surface area contributed by atoms with Crippen molar-refractivity contribution in [3.8, 4) is 5.75 Å². The van der Waals surface area contributed by atoms with Gasteiger partial charge in [0.05, 0.1) is 12.2 Å². The Morgan fingerprint density at radius 1 is 1.24 bits per heavy atom. The van der Waals surface area contributed by atoms with Crippen LogP contribution in [0.1, 0.15) is 61.4 Å². The lowest BCUT2D eigenvalue weighted by molar-refractivity contribution is 0.0714. The van der Waals surface area contributed by atoms with Crippen molar-refractivity contribution in [1.82, 2.24) is 4.90 Å². The Kier molecular flexibility index (Phi) is 5.94. The van der Waals surface area contributed by atoms with E-state index in [0.717, 1.165) is 44.1 Å². The fraction of sp³-hybridized carbons (Fsp3) is 0.650. The fourth-order valence-electron chi connectivity index (χ4n) is 3.89. The Morgan fingerprint density at radius 2 is 1.96 bits per heavy atom. The maximum Gasteiger partial charge on any atom is 0.257 e. The second-order valence-corrected chi connectivity index (χ2v) is 7.37. The average molecular weight is 349 g/mol. The van der Waals surface area contributed by atoms with E-state index in [2.05, 4.69) is 6.92 Å². The molecule has 0 bridgehead atoms. The van der Waals surface area contributed by atoms with Crippen LogP contribution in [0.2, 0.25) is 0 Å². The van der Waals surface area contributed by atoms with Gasteiger partial charge in [-0.15, -0.1) is 0 Å². The number of fused-ring (bicyclic) bond motifs is 1. The van der Waals surface area contributed by atoms with E-state index in [-0.39, 0.29) is 23.8 Å². The second-order valence-electron chi connectivity index (χ2n) is 7.37. The Labute approximate surface area is 149 Å². The molecule has 0 unspecified atom stereocenters. The molecule has 0 saturated heterocycles. The molecule has 1 heterocycles. The quantitative estimate of drug-likeness (QED) is 0.763. The number of benzene rings is 1. The summed E-state index contributed by atoms with van der Waals surface area (Å²) in [6.45, 7) is 3.94. The van der Waals surface area contributed by atoms with Gasteiger partial charge in [-0.2, -0.15) is 0 Å². The minimum atomic E-state index is -0.509. The van der Waals surface area contributed by atoms with Crippen LogP contribution in [0.5, 0.6) is 5.75 Å². The first kappa shape index (κ1) is 18.2. The Hall–Kier alpha value is -1.62. The molecule has 4 nitrogen and oxygen atoms in total. The molecule has 1 aliphatic carbocycles. The van der Waals surface area contributed by atoms with E-state index >= 15 is 0 Å². The number of aliphatic hydroxyl groups is 1. The molecule has 3 rings (SSSR count). The molecule has 0 radical (unpaired) electrons. The number of hydrogen-bond donors (Lipinski definition) is 1.